The highest BCUT2D eigenvalue weighted by Crippen LogP contribution is 2.21. The van der Waals surface area contributed by atoms with Crippen LogP contribution in [0.5, 0.6) is 5.75 Å². The molecular weight excluding hydrogens is 254 g/mol. The summed E-state index contributed by atoms with van der Waals surface area (Å²) in [6.07, 6.45) is 0. The molecule has 1 aromatic carbocycles. The molecular formula is C15H19N3O2. The zero-order valence-corrected chi connectivity index (χ0v) is 12.0. The molecule has 0 radical (unpaired) electrons. The van der Waals surface area contributed by atoms with Crippen molar-refractivity contribution in [2.45, 2.75) is 20.4 Å². The summed E-state index contributed by atoms with van der Waals surface area (Å²) in [6.45, 7) is 5.11. The lowest BCUT2D eigenvalue weighted by Gasteiger charge is -2.14. The normalized spacial score (nSPS) is 10.6. The van der Waals surface area contributed by atoms with Crippen molar-refractivity contribution in [1.82, 2.24) is 15.1 Å². The molecule has 5 heteroatoms. The number of hydrogen-bond donors (Lipinski definition) is 1. The summed E-state index contributed by atoms with van der Waals surface area (Å²) in [7, 11) is 1.62. The maximum atomic E-state index is 11.9. The molecule has 0 spiro atoms. The Morgan fingerprint density at radius 2 is 2.10 bits per heavy atom. The third kappa shape index (κ3) is 2.88. The van der Waals surface area contributed by atoms with E-state index < -0.39 is 0 Å². The Hall–Kier alpha value is -2.14. The zero-order valence-electron chi connectivity index (χ0n) is 12.0. The van der Waals surface area contributed by atoms with Crippen molar-refractivity contribution < 1.29 is 4.74 Å². The van der Waals surface area contributed by atoms with E-state index in [1.54, 1.807) is 17.9 Å². The summed E-state index contributed by atoms with van der Waals surface area (Å²) in [5.74, 6) is 0.723. The van der Waals surface area contributed by atoms with Crippen LogP contribution in [0.25, 0.3) is 5.69 Å². The van der Waals surface area contributed by atoms with Crippen LogP contribution in [0.3, 0.4) is 0 Å². The van der Waals surface area contributed by atoms with E-state index in [-0.39, 0.29) is 5.43 Å². The largest absolute Gasteiger partial charge is 0.494 e. The third-order valence-electron chi connectivity index (χ3n) is 3.04. The van der Waals surface area contributed by atoms with E-state index in [0.717, 1.165) is 23.7 Å². The second kappa shape index (κ2) is 6.34. The van der Waals surface area contributed by atoms with Gasteiger partial charge in [-0.05, 0) is 25.6 Å². The second-order valence-corrected chi connectivity index (χ2v) is 4.46. The molecule has 0 bridgehead atoms. The molecule has 5 nitrogen and oxygen atoms in total. The number of aryl methyl sites for hydroxylation is 1. The summed E-state index contributed by atoms with van der Waals surface area (Å²) in [5, 5.41) is 7.57. The van der Waals surface area contributed by atoms with Gasteiger partial charge in [-0.15, -0.1) is 0 Å². The van der Waals surface area contributed by atoms with Gasteiger partial charge < -0.3 is 10.1 Å². The molecule has 0 fully saturated rings. The fourth-order valence-corrected chi connectivity index (χ4v) is 2.00. The summed E-state index contributed by atoms with van der Waals surface area (Å²) < 4.78 is 7.09. The van der Waals surface area contributed by atoms with Crippen molar-refractivity contribution in [3.05, 3.63) is 51.9 Å². The molecule has 0 unspecified atom stereocenters. The Kier molecular flexibility index (Phi) is 4.53. The number of methoxy groups -OCH3 is 1. The fraction of sp³-hybridized carbons (Fsp3) is 0.333. The topological polar surface area (TPSA) is 56.1 Å². The number of nitrogens with zero attached hydrogens (tertiary/aromatic N) is 2. The third-order valence-corrected chi connectivity index (χ3v) is 3.04. The molecule has 0 saturated heterocycles. The molecule has 2 aromatic rings. The van der Waals surface area contributed by atoms with Gasteiger partial charge in [0, 0.05) is 18.3 Å². The van der Waals surface area contributed by atoms with Gasteiger partial charge in [0.2, 0.25) is 5.43 Å². The summed E-state index contributed by atoms with van der Waals surface area (Å²) >= 11 is 0. The molecule has 0 aliphatic rings. The minimum atomic E-state index is -0.0467. The van der Waals surface area contributed by atoms with Gasteiger partial charge in [-0.1, -0.05) is 19.1 Å². The first-order valence-corrected chi connectivity index (χ1v) is 6.61. The lowest BCUT2D eigenvalue weighted by atomic mass is 10.2. The van der Waals surface area contributed by atoms with Crippen LogP contribution in [0.15, 0.2) is 35.1 Å². The van der Waals surface area contributed by atoms with E-state index >= 15 is 0 Å². The van der Waals surface area contributed by atoms with Crippen LogP contribution in [0.4, 0.5) is 0 Å². The molecule has 106 valence electrons. The first-order chi connectivity index (χ1) is 9.67. The van der Waals surface area contributed by atoms with Crippen LogP contribution in [0, 0.1) is 6.92 Å². The fourth-order valence-electron chi connectivity index (χ4n) is 2.00. The summed E-state index contributed by atoms with van der Waals surface area (Å²) in [4.78, 5) is 11.9. The monoisotopic (exact) mass is 273 g/mol. The summed E-state index contributed by atoms with van der Waals surface area (Å²) in [5.41, 5.74) is 2.06. The predicted molar refractivity (Wildman–Crippen MR) is 78.5 cm³/mol. The van der Waals surface area contributed by atoms with Gasteiger partial charge in [0.15, 0.2) is 0 Å². The Morgan fingerprint density at radius 3 is 2.80 bits per heavy atom. The minimum Gasteiger partial charge on any atom is -0.494 e. The molecule has 0 aliphatic carbocycles. The molecule has 1 N–H and O–H groups in total. The molecule has 0 atom stereocenters. The SMILES string of the molecule is CCNCc1nn(-c2ccccc2OC)c(C)cc1=O. The highest BCUT2D eigenvalue weighted by Gasteiger charge is 2.10. The van der Waals surface area contributed by atoms with Crippen molar-refractivity contribution in [3.8, 4) is 11.4 Å². The Morgan fingerprint density at radius 1 is 1.35 bits per heavy atom. The minimum absolute atomic E-state index is 0.0467. The molecule has 1 heterocycles. The zero-order chi connectivity index (χ0) is 14.5. The van der Waals surface area contributed by atoms with Crippen LogP contribution >= 0.6 is 0 Å². The van der Waals surface area contributed by atoms with E-state index in [2.05, 4.69) is 10.4 Å². The second-order valence-electron chi connectivity index (χ2n) is 4.46. The highest BCUT2D eigenvalue weighted by molar-refractivity contribution is 5.46. The Balaban J connectivity index is 2.53. The van der Waals surface area contributed by atoms with Crippen molar-refractivity contribution in [2.24, 2.45) is 0 Å². The van der Waals surface area contributed by atoms with Gasteiger partial charge in [-0.25, -0.2) is 4.68 Å². The number of ether oxygens (including phenoxy) is 1. The molecule has 0 aliphatic heterocycles. The standard InChI is InChI=1S/C15H19N3O2/c1-4-16-10-12-14(19)9-11(2)18(17-12)13-7-5-6-8-15(13)20-3/h5-9,16H,4,10H2,1-3H3. The predicted octanol–water partition coefficient (Wildman–Crippen LogP) is 1.66. The van der Waals surface area contributed by atoms with Gasteiger partial charge in [-0.3, -0.25) is 4.79 Å². The van der Waals surface area contributed by atoms with E-state index in [1.807, 2.05) is 38.1 Å². The summed E-state index contributed by atoms with van der Waals surface area (Å²) in [6, 6.07) is 9.21. The molecule has 0 amide bonds. The Bertz CT molecular complexity index is 650. The van der Waals surface area contributed by atoms with Crippen molar-refractivity contribution in [2.75, 3.05) is 13.7 Å². The molecule has 0 saturated carbocycles. The van der Waals surface area contributed by atoms with E-state index in [9.17, 15) is 4.79 Å². The molecule has 1 aromatic heterocycles. The van der Waals surface area contributed by atoms with Gasteiger partial charge in [0.25, 0.3) is 0 Å². The van der Waals surface area contributed by atoms with E-state index in [4.69, 9.17) is 4.74 Å². The van der Waals surface area contributed by atoms with E-state index in [0.29, 0.717) is 12.2 Å². The first kappa shape index (κ1) is 14.3. The van der Waals surface area contributed by atoms with Crippen molar-refractivity contribution >= 4 is 0 Å². The van der Waals surface area contributed by atoms with Crippen LogP contribution in [0.1, 0.15) is 18.3 Å². The van der Waals surface area contributed by atoms with Crippen LogP contribution in [-0.2, 0) is 6.54 Å². The number of nitrogens with one attached hydrogen (secondary N) is 1. The highest BCUT2D eigenvalue weighted by atomic mass is 16.5. The quantitative estimate of drug-likeness (QED) is 0.900. The average molecular weight is 273 g/mol. The van der Waals surface area contributed by atoms with Gasteiger partial charge in [0.1, 0.15) is 17.1 Å². The van der Waals surface area contributed by atoms with Crippen molar-refractivity contribution in [3.63, 3.8) is 0 Å². The number of rotatable bonds is 5. The van der Waals surface area contributed by atoms with Crippen LogP contribution < -0.4 is 15.5 Å². The van der Waals surface area contributed by atoms with E-state index in [1.165, 1.54) is 0 Å². The maximum absolute atomic E-state index is 11.9. The van der Waals surface area contributed by atoms with Gasteiger partial charge in [-0.2, -0.15) is 5.10 Å². The first-order valence-electron chi connectivity index (χ1n) is 6.61. The lowest BCUT2D eigenvalue weighted by Crippen LogP contribution is -2.24. The van der Waals surface area contributed by atoms with Gasteiger partial charge in [0.05, 0.1) is 7.11 Å². The van der Waals surface area contributed by atoms with Gasteiger partial charge >= 0.3 is 0 Å². The average Bonchev–Trinajstić information content (AvgIpc) is 2.46. The number of para-hydroxylation sites is 2. The van der Waals surface area contributed by atoms with Crippen LogP contribution in [-0.4, -0.2) is 23.4 Å². The molecule has 2 rings (SSSR count). The smallest absolute Gasteiger partial charge is 0.204 e. The lowest BCUT2D eigenvalue weighted by molar-refractivity contribution is 0.411. The number of aromatic nitrogens is 2. The molecule has 20 heavy (non-hydrogen) atoms. The van der Waals surface area contributed by atoms with Crippen LogP contribution in [0.2, 0.25) is 0 Å². The number of hydrogen-bond acceptors (Lipinski definition) is 4. The number of benzene rings is 1. The Labute approximate surface area is 118 Å². The van der Waals surface area contributed by atoms with Crippen molar-refractivity contribution in [1.29, 1.82) is 0 Å². The maximum Gasteiger partial charge on any atom is 0.204 e.